The molecule has 1 unspecified atom stereocenters. The zero-order valence-electron chi connectivity index (χ0n) is 18.9. The van der Waals surface area contributed by atoms with E-state index in [0.29, 0.717) is 0 Å². The van der Waals surface area contributed by atoms with Crippen LogP contribution in [0.25, 0.3) is 0 Å². The van der Waals surface area contributed by atoms with E-state index < -0.39 is 0 Å². The lowest BCUT2D eigenvalue weighted by atomic mass is 10.2. The number of pyridine rings is 1. The number of aromatic nitrogens is 1. The molecule has 0 N–H and O–H groups in total. The Bertz CT molecular complexity index is 1150. The van der Waals surface area contributed by atoms with Crippen LogP contribution in [0.4, 0.5) is 0 Å². The Kier molecular flexibility index (Phi) is 6.52. The van der Waals surface area contributed by atoms with E-state index in [2.05, 4.69) is 92.5 Å². The van der Waals surface area contributed by atoms with E-state index in [1.807, 2.05) is 31.2 Å². The van der Waals surface area contributed by atoms with E-state index in [4.69, 9.17) is 9.47 Å². The van der Waals surface area contributed by atoms with E-state index in [1.54, 1.807) is 6.20 Å². The van der Waals surface area contributed by atoms with Crippen LogP contribution >= 0.6 is 0 Å². The van der Waals surface area contributed by atoms with Gasteiger partial charge in [0.2, 0.25) is 0 Å². The molecule has 1 aromatic heterocycles. The molecule has 4 aromatic rings. The van der Waals surface area contributed by atoms with Gasteiger partial charge in [-0.3, -0.25) is 4.98 Å². The van der Waals surface area contributed by atoms with Crippen LogP contribution in [0.1, 0.15) is 26.5 Å². The van der Waals surface area contributed by atoms with Crippen LogP contribution < -0.4 is 9.47 Å². The largest absolute Gasteiger partial charge is 0.488 e. The van der Waals surface area contributed by atoms with Crippen molar-refractivity contribution in [3.05, 3.63) is 103 Å². The van der Waals surface area contributed by atoms with Crippen LogP contribution in [0, 0.1) is 6.92 Å². The van der Waals surface area contributed by atoms with Gasteiger partial charge >= 0.3 is 0 Å². The number of hydrogen-bond acceptors (Lipinski definition) is 3. The summed E-state index contributed by atoms with van der Waals surface area (Å²) in [5.41, 5.74) is 0.656. The minimum Gasteiger partial charge on any atom is -0.488 e. The molecule has 1 heterocycles. The minimum atomic E-state index is -0.229. The quantitative estimate of drug-likeness (QED) is 0.291. The topological polar surface area (TPSA) is 31.4 Å². The molecule has 0 aliphatic heterocycles. The van der Waals surface area contributed by atoms with Gasteiger partial charge in [0.15, 0.2) is 14.7 Å². The monoisotopic (exact) mass is 442 g/mol. The molecule has 0 radical (unpaired) electrons. The van der Waals surface area contributed by atoms with Crippen LogP contribution in [0.15, 0.2) is 112 Å². The van der Waals surface area contributed by atoms with E-state index in [9.17, 15) is 0 Å². The highest BCUT2D eigenvalue weighted by molar-refractivity contribution is 7.97. The number of rotatable bonds is 6. The Morgan fingerprint density at radius 3 is 1.78 bits per heavy atom. The minimum absolute atomic E-state index is 0.217. The predicted molar refractivity (Wildman–Crippen MR) is 131 cm³/mol. The third-order valence-corrected chi connectivity index (χ3v) is 6.94. The summed E-state index contributed by atoms with van der Waals surface area (Å²) in [4.78, 5) is 8.04. The summed E-state index contributed by atoms with van der Waals surface area (Å²) in [6.07, 6.45) is 1.77. The average molecular weight is 443 g/mol. The fourth-order valence-electron chi connectivity index (χ4n) is 3.31. The van der Waals surface area contributed by atoms with Crippen molar-refractivity contribution in [2.75, 3.05) is 0 Å². The lowest BCUT2D eigenvalue weighted by Gasteiger charge is -2.21. The highest BCUT2D eigenvalue weighted by Crippen LogP contribution is 2.34. The summed E-state index contributed by atoms with van der Waals surface area (Å²) in [5, 5.41) is 0. The van der Waals surface area contributed by atoms with Gasteiger partial charge in [0, 0.05) is 6.20 Å². The molecule has 3 aromatic carbocycles. The van der Waals surface area contributed by atoms with Crippen LogP contribution in [-0.2, 0) is 10.9 Å². The molecule has 32 heavy (non-hydrogen) atoms. The molecule has 162 valence electrons. The van der Waals surface area contributed by atoms with Crippen LogP contribution in [0.2, 0.25) is 0 Å². The first-order chi connectivity index (χ1) is 15.4. The first-order valence-corrected chi connectivity index (χ1v) is 11.9. The van der Waals surface area contributed by atoms with Crippen molar-refractivity contribution in [1.29, 1.82) is 0 Å². The summed E-state index contributed by atoms with van der Waals surface area (Å²) < 4.78 is 12.1. The van der Waals surface area contributed by atoms with Gasteiger partial charge in [0.1, 0.15) is 22.8 Å². The first kappa shape index (κ1) is 22.0. The summed E-state index contributed by atoms with van der Waals surface area (Å²) in [6.45, 7) is 8.13. The van der Waals surface area contributed by atoms with Crippen molar-refractivity contribution in [2.24, 2.45) is 0 Å². The van der Waals surface area contributed by atoms with Gasteiger partial charge in [-0.25, -0.2) is 0 Å². The van der Waals surface area contributed by atoms with Gasteiger partial charge in [-0.15, -0.1) is 0 Å². The maximum absolute atomic E-state index is 6.04. The molecule has 4 rings (SSSR count). The molecule has 0 bridgehead atoms. The second-order valence-corrected chi connectivity index (χ2v) is 10.5. The maximum atomic E-state index is 6.04. The normalized spacial score (nSPS) is 12.2. The molecule has 0 fully saturated rings. The van der Waals surface area contributed by atoms with Gasteiger partial charge in [0.05, 0.1) is 16.6 Å². The Labute approximate surface area is 193 Å². The second kappa shape index (κ2) is 9.49. The van der Waals surface area contributed by atoms with E-state index in [0.717, 1.165) is 22.9 Å². The van der Waals surface area contributed by atoms with Crippen LogP contribution in [0.5, 0.6) is 17.2 Å². The third-order valence-electron chi connectivity index (χ3n) is 4.71. The zero-order valence-corrected chi connectivity index (χ0v) is 19.7. The van der Waals surface area contributed by atoms with E-state index in [1.165, 1.54) is 14.7 Å². The van der Waals surface area contributed by atoms with Gasteiger partial charge in [0.25, 0.3) is 0 Å². The fraction of sp³-hybridized carbons (Fsp3) is 0.179. The van der Waals surface area contributed by atoms with Gasteiger partial charge in [-0.1, -0.05) is 18.2 Å². The fourth-order valence-corrected chi connectivity index (χ4v) is 5.37. The molecule has 0 aliphatic carbocycles. The predicted octanol–water partition coefficient (Wildman–Crippen LogP) is 7.46. The Morgan fingerprint density at radius 2 is 1.22 bits per heavy atom. The summed E-state index contributed by atoms with van der Waals surface area (Å²) >= 11 is 0. The van der Waals surface area contributed by atoms with E-state index in [-0.39, 0.29) is 16.5 Å². The number of aryl methyl sites for hydroxylation is 1. The molecule has 0 amide bonds. The van der Waals surface area contributed by atoms with Crippen molar-refractivity contribution in [3.63, 3.8) is 0 Å². The Hall–Kier alpha value is -3.24. The standard InChI is InChI=1S/C28H28NO2S/c1-21-27(11-8-20-29-21)30-22-12-16-25(17-13-22)32(24-9-6-5-7-10-24)26-18-14-23(15-19-26)31-28(2,3)4/h5-20H,1-4H3/q+1. The van der Waals surface area contributed by atoms with E-state index >= 15 is 0 Å². The maximum Gasteiger partial charge on any atom is 0.166 e. The molecule has 3 nitrogen and oxygen atoms in total. The number of benzene rings is 3. The van der Waals surface area contributed by atoms with Crippen molar-refractivity contribution in [1.82, 2.24) is 4.98 Å². The van der Waals surface area contributed by atoms with Crippen molar-refractivity contribution in [2.45, 2.75) is 48.0 Å². The van der Waals surface area contributed by atoms with Crippen LogP contribution in [0.3, 0.4) is 0 Å². The second-order valence-electron chi connectivity index (χ2n) is 8.47. The Morgan fingerprint density at radius 1 is 0.656 bits per heavy atom. The summed E-state index contributed by atoms with van der Waals surface area (Å²) in [6, 6.07) is 31.2. The van der Waals surface area contributed by atoms with Crippen molar-refractivity contribution < 1.29 is 9.47 Å². The molecular formula is C28H28NO2S+. The first-order valence-electron chi connectivity index (χ1n) is 10.7. The molecular weight excluding hydrogens is 414 g/mol. The summed E-state index contributed by atoms with van der Waals surface area (Å²) in [5.74, 6) is 2.46. The zero-order chi connectivity index (χ0) is 22.6. The lowest BCUT2D eigenvalue weighted by molar-refractivity contribution is 0.131. The number of hydrogen-bond donors (Lipinski definition) is 0. The summed E-state index contributed by atoms with van der Waals surface area (Å²) in [7, 11) is -0.229. The van der Waals surface area contributed by atoms with Gasteiger partial charge < -0.3 is 9.47 Å². The molecule has 0 saturated heterocycles. The average Bonchev–Trinajstić information content (AvgIpc) is 2.78. The molecule has 4 heteroatoms. The smallest absolute Gasteiger partial charge is 0.166 e. The number of nitrogens with zero attached hydrogens (tertiary/aromatic N) is 1. The van der Waals surface area contributed by atoms with Crippen molar-refractivity contribution in [3.8, 4) is 17.2 Å². The highest BCUT2D eigenvalue weighted by Gasteiger charge is 2.28. The molecule has 0 spiro atoms. The highest BCUT2D eigenvalue weighted by atomic mass is 32.2. The van der Waals surface area contributed by atoms with Gasteiger partial charge in [-0.2, -0.15) is 0 Å². The van der Waals surface area contributed by atoms with Crippen LogP contribution in [-0.4, -0.2) is 10.6 Å². The van der Waals surface area contributed by atoms with Crippen molar-refractivity contribution >= 4 is 10.9 Å². The molecule has 1 atom stereocenters. The third kappa shape index (κ3) is 5.51. The van der Waals surface area contributed by atoms with Gasteiger partial charge in [-0.05, 0) is 100 Å². The molecule has 0 saturated carbocycles. The number of ether oxygens (including phenoxy) is 2. The Balaban J connectivity index is 1.63. The lowest BCUT2D eigenvalue weighted by Crippen LogP contribution is -2.22. The SMILES string of the molecule is Cc1ncccc1Oc1ccc([S+](c2ccccc2)c2ccc(OC(C)(C)C)cc2)cc1. The molecule has 0 aliphatic rings.